The van der Waals surface area contributed by atoms with Crippen LogP contribution in [0.2, 0.25) is 5.02 Å². The van der Waals surface area contributed by atoms with Gasteiger partial charge in [-0.25, -0.2) is 4.98 Å². The lowest BCUT2D eigenvalue weighted by Crippen LogP contribution is -2.50. The number of hydrogen-bond donors (Lipinski definition) is 1. The molecule has 0 aliphatic heterocycles. The Labute approximate surface area is 138 Å². The van der Waals surface area contributed by atoms with Gasteiger partial charge in [-0.15, -0.1) is 0 Å². The van der Waals surface area contributed by atoms with Crippen molar-refractivity contribution >= 4 is 28.4 Å². The second-order valence-electron chi connectivity index (χ2n) is 5.86. The third-order valence-corrected chi connectivity index (χ3v) is 4.12. The molecule has 6 nitrogen and oxygen atoms in total. The molecule has 0 radical (unpaired) electrons. The molecule has 2 rings (SSSR count). The largest absolute Gasteiger partial charge is 0.336 e. The van der Waals surface area contributed by atoms with E-state index >= 15 is 0 Å². The molecule has 1 atom stereocenters. The fourth-order valence-electron chi connectivity index (χ4n) is 2.03. The molecule has 23 heavy (non-hydrogen) atoms. The molecule has 0 aliphatic carbocycles. The lowest BCUT2D eigenvalue weighted by atomic mass is 9.90. The number of aromatic nitrogens is 2. The zero-order valence-electron chi connectivity index (χ0n) is 13.1. The van der Waals surface area contributed by atoms with Gasteiger partial charge in [0, 0.05) is 5.02 Å². The summed E-state index contributed by atoms with van der Waals surface area (Å²) in [4.78, 5) is 28.7. The Balaban J connectivity index is 2.29. The van der Waals surface area contributed by atoms with Crippen LogP contribution in [0.15, 0.2) is 29.3 Å². The molecule has 1 aromatic heterocycles. The number of rotatable bonds is 4. The van der Waals surface area contributed by atoms with Crippen LogP contribution in [0, 0.1) is 17.2 Å². The first kappa shape index (κ1) is 17.0. The summed E-state index contributed by atoms with van der Waals surface area (Å²) in [6.07, 6.45) is 1.32. The van der Waals surface area contributed by atoms with Crippen LogP contribution in [0.3, 0.4) is 0 Å². The highest BCUT2D eigenvalue weighted by atomic mass is 35.5. The highest BCUT2D eigenvalue weighted by Gasteiger charge is 2.30. The highest BCUT2D eigenvalue weighted by molar-refractivity contribution is 6.31. The maximum absolute atomic E-state index is 12.4. The van der Waals surface area contributed by atoms with E-state index in [2.05, 4.69) is 16.4 Å². The summed E-state index contributed by atoms with van der Waals surface area (Å²) in [6, 6.07) is 6.91. The Hall–Kier alpha value is -2.39. The number of nitrogens with one attached hydrogen (secondary N) is 1. The Morgan fingerprint density at radius 1 is 1.52 bits per heavy atom. The number of amides is 1. The fraction of sp³-hybridized carbons (Fsp3) is 0.375. The van der Waals surface area contributed by atoms with Crippen LogP contribution in [-0.2, 0) is 11.3 Å². The van der Waals surface area contributed by atoms with E-state index in [0.717, 1.165) is 0 Å². The van der Waals surface area contributed by atoms with Crippen molar-refractivity contribution in [3.05, 3.63) is 39.9 Å². The maximum Gasteiger partial charge on any atom is 0.261 e. The van der Waals surface area contributed by atoms with Gasteiger partial charge >= 0.3 is 0 Å². The van der Waals surface area contributed by atoms with Crippen molar-refractivity contribution in [2.75, 3.05) is 0 Å². The second kappa shape index (κ2) is 6.39. The molecule has 1 amide bonds. The molecule has 1 N–H and O–H groups in total. The van der Waals surface area contributed by atoms with E-state index in [9.17, 15) is 14.9 Å². The molecule has 0 saturated heterocycles. The predicted octanol–water partition coefficient (Wildman–Crippen LogP) is 2.10. The normalized spacial score (nSPS) is 13.6. The Morgan fingerprint density at radius 3 is 2.83 bits per heavy atom. The van der Waals surface area contributed by atoms with Crippen molar-refractivity contribution in [2.45, 2.75) is 32.9 Å². The summed E-state index contributed by atoms with van der Waals surface area (Å²) >= 11 is 5.90. The minimum absolute atomic E-state index is 0.0679. The number of hydrogen-bond acceptors (Lipinski definition) is 4. The van der Waals surface area contributed by atoms with Gasteiger partial charge < -0.3 is 5.32 Å². The summed E-state index contributed by atoms with van der Waals surface area (Å²) in [7, 11) is 0. The van der Waals surface area contributed by atoms with Gasteiger partial charge in [0.1, 0.15) is 12.1 Å². The zero-order valence-corrected chi connectivity index (χ0v) is 13.9. The summed E-state index contributed by atoms with van der Waals surface area (Å²) < 4.78 is 1.20. The van der Waals surface area contributed by atoms with Crippen LogP contribution < -0.4 is 10.9 Å². The zero-order chi connectivity index (χ0) is 17.2. The number of fused-ring (bicyclic) bond motifs is 1. The molecule has 1 heterocycles. The maximum atomic E-state index is 12.4. The van der Waals surface area contributed by atoms with Crippen molar-refractivity contribution < 1.29 is 4.79 Å². The van der Waals surface area contributed by atoms with E-state index in [4.69, 9.17) is 11.6 Å². The first-order valence-electron chi connectivity index (χ1n) is 7.14. The van der Waals surface area contributed by atoms with Gasteiger partial charge in [0.05, 0.1) is 23.3 Å². The van der Waals surface area contributed by atoms with Crippen molar-refractivity contribution in [3.8, 4) is 6.07 Å². The number of halogens is 1. The third kappa shape index (κ3) is 3.51. The topological polar surface area (TPSA) is 87.8 Å². The molecule has 0 saturated carbocycles. The number of benzene rings is 1. The molecule has 0 bridgehead atoms. The van der Waals surface area contributed by atoms with E-state index in [0.29, 0.717) is 15.9 Å². The number of carbonyl (C=O) groups excluding carboxylic acids is 1. The van der Waals surface area contributed by atoms with E-state index in [1.807, 2.05) is 13.8 Å². The first-order chi connectivity index (χ1) is 10.8. The first-order valence-corrected chi connectivity index (χ1v) is 7.51. The Kier molecular flexibility index (Phi) is 4.71. The van der Waals surface area contributed by atoms with Gasteiger partial charge in [0.15, 0.2) is 0 Å². The van der Waals surface area contributed by atoms with Crippen LogP contribution >= 0.6 is 11.6 Å². The SMILES string of the molecule is CC(C)[C@](C)(C#N)NC(=O)Cn1cnc2ccc(Cl)cc2c1=O. The average molecular weight is 333 g/mol. The molecule has 120 valence electrons. The average Bonchev–Trinajstić information content (AvgIpc) is 2.50. The highest BCUT2D eigenvalue weighted by Crippen LogP contribution is 2.16. The summed E-state index contributed by atoms with van der Waals surface area (Å²) in [5.41, 5.74) is -0.829. The van der Waals surface area contributed by atoms with Crippen LogP contribution in [0.4, 0.5) is 0 Å². The molecule has 0 unspecified atom stereocenters. The molecular formula is C16H17ClN4O2. The van der Waals surface area contributed by atoms with E-state index in [-0.39, 0.29) is 18.0 Å². The monoisotopic (exact) mass is 332 g/mol. The van der Waals surface area contributed by atoms with Gasteiger partial charge in [0.2, 0.25) is 5.91 Å². The standard InChI is InChI=1S/C16H17ClN4O2/c1-10(2)16(3,8-18)20-14(22)7-21-9-19-13-5-4-11(17)6-12(13)15(21)23/h4-6,9-10H,7H2,1-3H3,(H,20,22)/t16-/m0/s1. The molecule has 2 aromatic rings. The van der Waals surface area contributed by atoms with Crippen molar-refractivity contribution in [2.24, 2.45) is 5.92 Å². The molecule has 0 spiro atoms. The minimum Gasteiger partial charge on any atom is -0.336 e. The Morgan fingerprint density at radius 2 is 2.22 bits per heavy atom. The van der Waals surface area contributed by atoms with Crippen LogP contribution in [0.25, 0.3) is 10.9 Å². The fourth-order valence-corrected chi connectivity index (χ4v) is 2.20. The van der Waals surface area contributed by atoms with Crippen molar-refractivity contribution in [1.29, 1.82) is 5.26 Å². The Bertz CT molecular complexity index is 853. The summed E-state index contributed by atoms with van der Waals surface area (Å²) in [5.74, 6) is -0.491. The molecular weight excluding hydrogens is 316 g/mol. The third-order valence-electron chi connectivity index (χ3n) is 3.89. The lowest BCUT2D eigenvalue weighted by Gasteiger charge is -2.27. The second-order valence-corrected chi connectivity index (χ2v) is 6.29. The summed E-state index contributed by atoms with van der Waals surface area (Å²) in [6.45, 7) is 5.12. The van der Waals surface area contributed by atoms with Gasteiger partial charge in [-0.3, -0.25) is 14.2 Å². The van der Waals surface area contributed by atoms with E-state index < -0.39 is 11.4 Å². The van der Waals surface area contributed by atoms with Crippen molar-refractivity contribution in [3.63, 3.8) is 0 Å². The van der Waals surface area contributed by atoms with Gasteiger partial charge in [-0.2, -0.15) is 5.26 Å². The van der Waals surface area contributed by atoms with Crippen LogP contribution in [0.5, 0.6) is 0 Å². The number of nitrogens with zero attached hydrogens (tertiary/aromatic N) is 3. The van der Waals surface area contributed by atoms with E-state index in [1.54, 1.807) is 19.1 Å². The number of nitriles is 1. The van der Waals surface area contributed by atoms with Crippen LogP contribution in [-0.4, -0.2) is 21.0 Å². The minimum atomic E-state index is -0.992. The molecule has 1 aromatic carbocycles. The van der Waals surface area contributed by atoms with E-state index in [1.165, 1.54) is 17.0 Å². The molecule has 7 heteroatoms. The van der Waals surface area contributed by atoms with Crippen LogP contribution in [0.1, 0.15) is 20.8 Å². The summed E-state index contributed by atoms with van der Waals surface area (Å²) in [5, 5.41) is 12.7. The van der Waals surface area contributed by atoms with Crippen molar-refractivity contribution in [1.82, 2.24) is 14.9 Å². The number of carbonyl (C=O) groups is 1. The smallest absolute Gasteiger partial charge is 0.261 e. The van der Waals surface area contributed by atoms with Gasteiger partial charge in [0.25, 0.3) is 5.56 Å². The molecule has 0 aliphatic rings. The van der Waals surface area contributed by atoms with Gasteiger partial charge in [-0.05, 0) is 31.0 Å². The molecule has 0 fully saturated rings. The van der Waals surface area contributed by atoms with Gasteiger partial charge in [-0.1, -0.05) is 25.4 Å². The predicted molar refractivity (Wildman–Crippen MR) is 88.0 cm³/mol. The quantitative estimate of drug-likeness (QED) is 0.928. The lowest BCUT2D eigenvalue weighted by molar-refractivity contribution is -0.123.